The van der Waals surface area contributed by atoms with Gasteiger partial charge in [-0.05, 0) is 12.5 Å². The Morgan fingerprint density at radius 2 is 1.80 bits per heavy atom. The summed E-state index contributed by atoms with van der Waals surface area (Å²) in [4.78, 5) is 39.1. The van der Waals surface area contributed by atoms with Crippen LogP contribution in [0.4, 0.5) is 0 Å². The molecule has 78 valence electrons. The molecule has 2 aliphatic rings. The Hall–Kier alpha value is -1.78. The van der Waals surface area contributed by atoms with Crippen molar-refractivity contribution in [1.29, 1.82) is 0 Å². The molecule has 0 aliphatic carbocycles. The second kappa shape index (κ2) is 3.76. The van der Waals surface area contributed by atoms with E-state index >= 15 is 0 Å². The zero-order chi connectivity index (χ0) is 10.8. The predicted octanol–water partition coefficient (Wildman–Crippen LogP) is 0.410. The lowest BCUT2D eigenvalue weighted by Gasteiger charge is -2.26. The lowest BCUT2D eigenvalue weighted by atomic mass is 10.1. The van der Waals surface area contributed by atoms with Crippen molar-refractivity contribution < 1.29 is 14.4 Å². The SMILES string of the molecule is O=C1C=CN=C(N2C(=O)CCCC2=O)C1. The molecule has 15 heavy (non-hydrogen) atoms. The minimum absolute atomic E-state index is 0.0357. The van der Waals surface area contributed by atoms with Gasteiger partial charge in [-0.25, -0.2) is 9.89 Å². The van der Waals surface area contributed by atoms with E-state index in [4.69, 9.17) is 0 Å². The summed E-state index contributed by atoms with van der Waals surface area (Å²) in [6, 6.07) is 0. The highest BCUT2D eigenvalue weighted by atomic mass is 16.2. The molecule has 5 nitrogen and oxygen atoms in total. The zero-order valence-corrected chi connectivity index (χ0v) is 8.10. The number of aliphatic imine (C=N–C) groups is 1. The molecule has 0 spiro atoms. The van der Waals surface area contributed by atoms with Crippen LogP contribution in [-0.2, 0) is 14.4 Å². The molecule has 5 heteroatoms. The monoisotopic (exact) mass is 206 g/mol. The summed E-state index contributed by atoms with van der Waals surface area (Å²) in [5, 5.41) is 0. The van der Waals surface area contributed by atoms with Crippen LogP contribution < -0.4 is 0 Å². The second-order valence-corrected chi connectivity index (χ2v) is 3.48. The lowest BCUT2D eigenvalue weighted by Crippen LogP contribution is -2.45. The van der Waals surface area contributed by atoms with Crippen LogP contribution in [0.3, 0.4) is 0 Å². The molecule has 2 aliphatic heterocycles. The number of amides is 2. The number of amidine groups is 1. The van der Waals surface area contributed by atoms with Crippen molar-refractivity contribution in [1.82, 2.24) is 4.90 Å². The summed E-state index contributed by atoms with van der Waals surface area (Å²) in [6.45, 7) is 0. The van der Waals surface area contributed by atoms with Crippen LogP contribution in [0.1, 0.15) is 25.7 Å². The third-order valence-electron chi connectivity index (χ3n) is 2.35. The standard InChI is InChI=1S/C10H10N2O3/c13-7-4-5-11-8(6-7)12-9(14)2-1-3-10(12)15/h4-5H,1-3,6H2. The topological polar surface area (TPSA) is 66.8 Å². The van der Waals surface area contributed by atoms with E-state index in [2.05, 4.69) is 4.99 Å². The molecule has 0 aromatic rings. The van der Waals surface area contributed by atoms with Crippen molar-refractivity contribution in [3.8, 4) is 0 Å². The fourth-order valence-corrected chi connectivity index (χ4v) is 1.65. The van der Waals surface area contributed by atoms with Gasteiger partial charge in [-0.2, -0.15) is 0 Å². The van der Waals surface area contributed by atoms with Gasteiger partial charge >= 0.3 is 0 Å². The van der Waals surface area contributed by atoms with E-state index < -0.39 is 0 Å². The largest absolute Gasteiger partial charge is 0.294 e. The number of hydrogen-bond acceptors (Lipinski definition) is 4. The van der Waals surface area contributed by atoms with Crippen LogP contribution in [0.15, 0.2) is 17.3 Å². The quantitative estimate of drug-likeness (QED) is 0.539. The van der Waals surface area contributed by atoms with E-state index in [0.717, 1.165) is 4.90 Å². The number of rotatable bonds is 0. The summed E-state index contributed by atoms with van der Waals surface area (Å²) in [5.74, 6) is -0.385. The number of nitrogens with zero attached hydrogens (tertiary/aromatic N) is 2. The molecule has 0 saturated carbocycles. The van der Waals surface area contributed by atoms with Crippen molar-refractivity contribution in [3.63, 3.8) is 0 Å². The minimum Gasteiger partial charge on any atom is -0.294 e. The van der Waals surface area contributed by atoms with E-state index in [1.165, 1.54) is 12.3 Å². The fraction of sp³-hybridized carbons (Fsp3) is 0.400. The Morgan fingerprint density at radius 3 is 2.40 bits per heavy atom. The van der Waals surface area contributed by atoms with Crippen molar-refractivity contribution >= 4 is 23.4 Å². The summed E-state index contributed by atoms with van der Waals surface area (Å²) < 4.78 is 0. The van der Waals surface area contributed by atoms with Gasteiger partial charge in [0.25, 0.3) is 0 Å². The van der Waals surface area contributed by atoms with Crippen LogP contribution in [-0.4, -0.2) is 28.3 Å². The van der Waals surface area contributed by atoms with Gasteiger partial charge in [0.1, 0.15) is 5.84 Å². The van der Waals surface area contributed by atoms with Crippen LogP contribution in [0.5, 0.6) is 0 Å². The molecule has 0 radical (unpaired) electrons. The van der Waals surface area contributed by atoms with Crippen molar-refractivity contribution in [2.75, 3.05) is 0 Å². The molecule has 0 N–H and O–H groups in total. The normalized spacial score (nSPS) is 22.0. The first-order valence-electron chi connectivity index (χ1n) is 4.80. The number of hydrogen-bond donors (Lipinski definition) is 0. The van der Waals surface area contributed by atoms with Crippen molar-refractivity contribution in [2.24, 2.45) is 4.99 Å². The first-order valence-corrected chi connectivity index (χ1v) is 4.80. The van der Waals surface area contributed by atoms with Crippen molar-refractivity contribution in [2.45, 2.75) is 25.7 Å². The molecule has 0 unspecified atom stereocenters. The van der Waals surface area contributed by atoms with E-state index in [-0.39, 0.29) is 29.9 Å². The zero-order valence-electron chi connectivity index (χ0n) is 8.10. The Labute approximate surface area is 86.5 Å². The number of allylic oxidation sites excluding steroid dienone is 1. The Morgan fingerprint density at radius 1 is 1.13 bits per heavy atom. The van der Waals surface area contributed by atoms with Gasteiger partial charge in [0.15, 0.2) is 5.78 Å². The number of likely N-dealkylation sites (tertiary alicyclic amines) is 1. The third kappa shape index (κ3) is 1.86. The first kappa shape index (κ1) is 9.76. The van der Waals surface area contributed by atoms with E-state index in [9.17, 15) is 14.4 Å². The first-order chi connectivity index (χ1) is 7.18. The van der Waals surface area contributed by atoms with Crippen LogP contribution in [0.25, 0.3) is 0 Å². The van der Waals surface area contributed by atoms with E-state index in [1.807, 2.05) is 0 Å². The maximum Gasteiger partial charge on any atom is 0.234 e. The molecule has 0 bridgehead atoms. The molecular weight excluding hydrogens is 196 g/mol. The van der Waals surface area contributed by atoms with Crippen LogP contribution >= 0.6 is 0 Å². The van der Waals surface area contributed by atoms with Gasteiger partial charge in [-0.15, -0.1) is 0 Å². The summed E-state index contributed by atoms with van der Waals surface area (Å²) in [6.07, 6.45) is 3.99. The second-order valence-electron chi connectivity index (χ2n) is 3.48. The van der Waals surface area contributed by atoms with Gasteiger partial charge < -0.3 is 0 Å². The summed E-state index contributed by atoms with van der Waals surface area (Å²) in [7, 11) is 0. The average molecular weight is 206 g/mol. The molecule has 1 fully saturated rings. The molecule has 1 saturated heterocycles. The molecular formula is C10H10N2O3. The lowest BCUT2D eigenvalue weighted by molar-refractivity contribution is -0.142. The predicted molar refractivity (Wildman–Crippen MR) is 51.9 cm³/mol. The Kier molecular flexibility index (Phi) is 2.45. The van der Waals surface area contributed by atoms with Gasteiger partial charge in [-0.1, -0.05) is 0 Å². The molecule has 2 rings (SSSR count). The molecule has 0 aromatic carbocycles. The van der Waals surface area contributed by atoms with Crippen LogP contribution in [0, 0.1) is 0 Å². The maximum absolute atomic E-state index is 11.5. The Bertz CT molecular complexity index is 379. The summed E-state index contributed by atoms with van der Waals surface area (Å²) >= 11 is 0. The number of ketones is 1. The van der Waals surface area contributed by atoms with Gasteiger partial charge in [0.05, 0.1) is 6.42 Å². The molecule has 2 heterocycles. The number of imide groups is 1. The van der Waals surface area contributed by atoms with Gasteiger partial charge in [0, 0.05) is 19.0 Å². The highest BCUT2D eigenvalue weighted by Crippen LogP contribution is 2.16. The van der Waals surface area contributed by atoms with Crippen molar-refractivity contribution in [3.05, 3.63) is 12.3 Å². The third-order valence-corrected chi connectivity index (χ3v) is 2.35. The smallest absolute Gasteiger partial charge is 0.234 e. The molecule has 2 amide bonds. The fourth-order valence-electron chi connectivity index (χ4n) is 1.65. The van der Waals surface area contributed by atoms with E-state index in [0.29, 0.717) is 19.3 Å². The Balaban J connectivity index is 2.25. The van der Waals surface area contributed by atoms with E-state index in [1.54, 1.807) is 0 Å². The summed E-state index contributed by atoms with van der Waals surface area (Å²) in [5.41, 5.74) is 0. The number of piperidine rings is 1. The molecule has 0 atom stereocenters. The van der Waals surface area contributed by atoms with Crippen LogP contribution in [0.2, 0.25) is 0 Å². The molecule has 0 aromatic heterocycles. The van der Waals surface area contributed by atoms with Gasteiger partial charge in [-0.3, -0.25) is 14.4 Å². The number of carbonyl (C=O) groups is 3. The highest BCUT2D eigenvalue weighted by molar-refractivity contribution is 6.20. The average Bonchev–Trinajstić information content (AvgIpc) is 2.17. The number of carbonyl (C=O) groups excluding carboxylic acids is 3. The highest BCUT2D eigenvalue weighted by Gasteiger charge is 2.31. The minimum atomic E-state index is -0.256. The maximum atomic E-state index is 11.5. The van der Waals surface area contributed by atoms with Gasteiger partial charge in [0.2, 0.25) is 11.8 Å².